The smallest absolute Gasteiger partial charge is 0.420 e. The predicted molar refractivity (Wildman–Crippen MR) is 49.8 cm³/mol. The number of carbonyl (C=O) groups is 1. The average Bonchev–Trinajstić information content (AvgIpc) is 2.11. The lowest BCUT2D eigenvalue weighted by Crippen LogP contribution is -2.20. The molecule has 3 nitrogen and oxygen atoms in total. The summed E-state index contributed by atoms with van der Waals surface area (Å²) < 4.78 is 77.9. The van der Waals surface area contributed by atoms with E-state index in [9.17, 15) is 26.3 Å². The Bertz CT molecular complexity index is 499. The topological polar surface area (TPSA) is 46.5 Å². The van der Waals surface area contributed by atoms with Crippen molar-refractivity contribution in [3.63, 3.8) is 0 Å². The third-order valence-electron chi connectivity index (χ3n) is 1.89. The second-order valence-electron chi connectivity index (χ2n) is 3.46. The molecule has 0 atom stereocenters. The number of fused-ring (bicyclic) bond motifs is 2. The van der Waals surface area contributed by atoms with Crippen LogP contribution in [0.1, 0.15) is 18.1 Å². The van der Waals surface area contributed by atoms with E-state index in [0.29, 0.717) is 6.07 Å². The fourth-order valence-electron chi connectivity index (χ4n) is 1.31. The highest BCUT2D eigenvalue weighted by Gasteiger charge is 2.48. The summed E-state index contributed by atoms with van der Waals surface area (Å²) in [5, 5.41) is 7.42. The lowest BCUT2D eigenvalue weighted by atomic mass is 10.0. The van der Waals surface area contributed by atoms with Crippen LogP contribution in [0.3, 0.4) is 0 Å². The molecule has 2 bridgehead atoms. The highest BCUT2D eigenvalue weighted by atomic mass is 19.4. The zero-order valence-electron chi connectivity index (χ0n) is 9.19. The molecule has 2 heterocycles. The molecule has 0 aliphatic carbocycles. The van der Waals surface area contributed by atoms with E-state index in [0.717, 1.165) is 13.0 Å². The molecule has 0 spiro atoms. The summed E-state index contributed by atoms with van der Waals surface area (Å²) >= 11 is 0. The molecule has 19 heavy (non-hydrogen) atoms. The minimum absolute atomic E-state index is 0.203. The largest absolute Gasteiger partial charge is 0.481 e. The molecule has 106 valence electrons. The van der Waals surface area contributed by atoms with Crippen molar-refractivity contribution in [1.82, 2.24) is 0 Å². The summed E-state index contributed by atoms with van der Waals surface area (Å²) in [5.74, 6) is -1.81. The molecule has 1 aromatic rings. The van der Waals surface area contributed by atoms with Crippen molar-refractivity contribution in [2.24, 2.45) is 0 Å². The van der Waals surface area contributed by atoms with E-state index in [1.807, 2.05) is 0 Å². The summed E-state index contributed by atoms with van der Waals surface area (Å²) in [6.07, 6.45) is -10.1. The Labute approximate surface area is 102 Å². The van der Waals surface area contributed by atoms with E-state index in [4.69, 9.17) is 9.90 Å². The maximum Gasteiger partial charge on any atom is 0.420 e. The first-order chi connectivity index (χ1) is 8.43. The zero-order chi connectivity index (χ0) is 15.0. The molecular weight excluding hydrogens is 282 g/mol. The fraction of sp³-hybridized carbons (Fsp3) is 0.300. The SMILES string of the molecule is CC(=O)O.FC(F)(F)c1cc2cc(c1C(F)(F)F)O2. The quantitative estimate of drug-likeness (QED) is 0.747. The second kappa shape index (κ2) is 4.63. The highest BCUT2D eigenvalue weighted by Crippen LogP contribution is 2.52. The number of hydrogen-bond donors (Lipinski definition) is 1. The number of halogens is 6. The molecule has 0 amide bonds. The first-order valence-corrected chi connectivity index (χ1v) is 4.62. The molecule has 0 saturated carbocycles. The van der Waals surface area contributed by atoms with Gasteiger partial charge in [-0.1, -0.05) is 0 Å². The molecule has 9 heteroatoms. The number of rotatable bonds is 0. The Morgan fingerprint density at radius 3 is 1.79 bits per heavy atom. The van der Waals surface area contributed by atoms with Crippen molar-refractivity contribution in [3.8, 4) is 11.5 Å². The van der Waals surface area contributed by atoms with Gasteiger partial charge in [-0.15, -0.1) is 0 Å². The monoisotopic (exact) mass is 288 g/mol. The summed E-state index contributed by atoms with van der Waals surface area (Å²) in [5.41, 5.74) is -3.46. The van der Waals surface area contributed by atoms with Gasteiger partial charge in [-0.05, 0) is 6.07 Å². The van der Waals surface area contributed by atoms with Crippen LogP contribution in [0.5, 0.6) is 11.5 Å². The number of hydrogen-bond acceptors (Lipinski definition) is 2. The summed E-state index contributed by atoms with van der Waals surface area (Å²) in [6, 6.07) is 1.26. The molecule has 0 radical (unpaired) electrons. The van der Waals surface area contributed by atoms with Crippen LogP contribution in [0.2, 0.25) is 0 Å². The molecule has 0 unspecified atom stereocenters. The van der Waals surface area contributed by atoms with Crippen LogP contribution in [0, 0.1) is 0 Å². The number of carboxylic acids is 1. The van der Waals surface area contributed by atoms with E-state index < -0.39 is 35.2 Å². The van der Waals surface area contributed by atoms with Gasteiger partial charge in [-0.25, -0.2) is 0 Å². The van der Waals surface area contributed by atoms with Gasteiger partial charge in [-0.3, -0.25) is 4.79 Å². The molecule has 1 N–H and O–H groups in total. The van der Waals surface area contributed by atoms with Crippen molar-refractivity contribution in [1.29, 1.82) is 0 Å². The van der Waals surface area contributed by atoms with Crippen LogP contribution in [0.4, 0.5) is 26.3 Å². The molecule has 2 aliphatic heterocycles. The van der Waals surface area contributed by atoms with Gasteiger partial charge in [0.2, 0.25) is 0 Å². The van der Waals surface area contributed by atoms with Crippen molar-refractivity contribution < 1.29 is 41.0 Å². The van der Waals surface area contributed by atoms with E-state index >= 15 is 0 Å². The minimum atomic E-state index is -5.07. The molecule has 1 aromatic carbocycles. The normalized spacial score (nSPS) is 12.8. The van der Waals surface area contributed by atoms with Crippen molar-refractivity contribution in [2.45, 2.75) is 19.3 Å². The van der Waals surface area contributed by atoms with Crippen LogP contribution < -0.4 is 4.74 Å². The van der Waals surface area contributed by atoms with Gasteiger partial charge in [0.05, 0.1) is 5.56 Å². The van der Waals surface area contributed by atoms with Gasteiger partial charge in [0.25, 0.3) is 5.97 Å². The standard InChI is InChI=1S/C8H2F6O.C2H4O2/c9-7(10,11)4-1-3-2-5(15-3)6(4)8(12,13)14;1-2(3)4/h1-2H;1H3,(H,3,4). The molecule has 2 aliphatic rings. The van der Waals surface area contributed by atoms with Gasteiger partial charge in [0.1, 0.15) is 17.1 Å². The van der Waals surface area contributed by atoms with Crippen molar-refractivity contribution in [2.75, 3.05) is 0 Å². The van der Waals surface area contributed by atoms with E-state index in [1.165, 1.54) is 0 Å². The lowest BCUT2D eigenvalue weighted by Gasteiger charge is -2.25. The number of aliphatic carboxylic acids is 1. The van der Waals surface area contributed by atoms with Crippen LogP contribution in [-0.4, -0.2) is 11.1 Å². The predicted octanol–water partition coefficient (Wildman–Crippen LogP) is 3.92. The number of alkyl halides is 6. The molecule has 0 fully saturated rings. The Balaban J connectivity index is 0.000000399. The highest BCUT2D eigenvalue weighted by molar-refractivity contribution is 5.63. The van der Waals surface area contributed by atoms with Crippen LogP contribution in [0.15, 0.2) is 12.1 Å². The van der Waals surface area contributed by atoms with Gasteiger partial charge in [-0.2, -0.15) is 26.3 Å². The van der Waals surface area contributed by atoms with Gasteiger partial charge in [0, 0.05) is 13.0 Å². The third-order valence-corrected chi connectivity index (χ3v) is 1.89. The summed E-state index contributed by atoms with van der Waals surface area (Å²) in [6.45, 7) is 1.08. The first kappa shape index (κ1) is 15.1. The van der Waals surface area contributed by atoms with Gasteiger partial charge >= 0.3 is 12.4 Å². The Kier molecular flexibility index (Phi) is 3.69. The number of ether oxygens (including phenoxy) is 1. The third kappa shape index (κ3) is 3.52. The van der Waals surface area contributed by atoms with Crippen LogP contribution in [-0.2, 0) is 17.1 Å². The second-order valence-corrected chi connectivity index (χ2v) is 3.46. The lowest BCUT2D eigenvalue weighted by molar-refractivity contribution is -0.163. The Morgan fingerprint density at radius 2 is 1.53 bits per heavy atom. The van der Waals surface area contributed by atoms with Crippen LogP contribution >= 0.6 is 0 Å². The molecule has 0 saturated heterocycles. The number of benzene rings is 1. The minimum Gasteiger partial charge on any atom is -0.481 e. The maximum atomic E-state index is 12.3. The molecular formula is C10H6F6O3. The Morgan fingerprint density at radius 1 is 1.11 bits per heavy atom. The van der Waals surface area contributed by atoms with Crippen molar-refractivity contribution >= 4 is 5.97 Å². The molecule has 3 rings (SSSR count). The first-order valence-electron chi connectivity index (χ1n) is 4.62. The maximum absolute atomic E-state index is 12.3. The van der Waals surface area contributed by atoms with E-state index in [-0.39, 0.29) is 5.75 Å². The van der Waals surface area contributed by atoms with E-state index in [2.05, 4.69) is 4.74 Å². The number of carboxylic acid groups (broad SMARTS) is 1. The van der Waals surface area contributed by atoms with Crippen LogP contribution in [0.25, 0.3) is 0 Å². The summed E-state index contributed by atoms with van der Waals surface area (Å²) in [4.78, 5) is 9.00. The van der Waals surface area contributed by atoms with E-state index in [1.54, 1.807) is 0 Å². The fourth-order valence-corrected chi connectivity index (χ4v) is 1.31. The Hall–Kier alpha value is -1.93. The zero-order valence-corrected chi connectivity index (χ0v) is 9.19. The van der Waals surface area contributed by atoms with Crippen molar-refractivity contribution in [3.05, 3.63) is 23.3 Å². The summed E-state index contributed by atoms with van der Waals surface area (Å²) in [7, 11) is 0. The molecule has 0 aromatic heterocycles. The van der Waals surface area contributed by atoms with Gasteiger partial charge in [0.15, 0.2) is 0 Å². The van der Waals surface area contributed by atoms with Gasteiger partial charge < -0.3 is 9.84 Å². The average molecular weight is 288 g/mol.